The number of benzene rings is 1. The number of nitrogens with zero attached hydrogens (tertiary/aromatic N) is 1. The van der Waals surface area contributed by atoms with Gasteiger partial charge in [-0.2, -0.15) is 0 Å². The van der Waals surface area contributed by atoms with Gasteiger partial charge >= 0.3 is 0 Å². The molecule has 0 spiro atoms. The number of carbonyl (C=O) groups is 1. The Bertz CT molecular complexity index is 739. The summed E-state index contributed by atoms with van der Waals surface area (Å²) in [6.07, 6.45) is 3.26. The van der Waals surface area contributed by atoms with E-state index in [-0.39, 0.29) is 12.0 Å². The van der Waals surface area contributed by atoms with Gasteiger partial charge in [-0.25, -0.2) is 0 Å². The molecule has 5 nitrogen and oxygen atoms in total. The van der Waals surface area contributed by atoms with Crippen LogP contribution in [0.1, 0.15) is 40.9 Å². The zero-order valence-corrected chi connectivity index (χ0v) is 15.0. The lowest BCUT2D eigenvalue weighted by Crippen LogP contribution is -2.26. The number of fused-ring (bicyclic) bond motifs is 1. The van der Waals surface area contributed by atoms with E-state index in [0.29, 0.717) is 25.3 Å². The molecule has 1 amide bonds. The number of aromatic nitrogens is 1. The topological polar surface area (TPSA) is 60.5 Å². The van der Waals surface area contributed by atoms with Crippen molar-refractivity contribution in [3.05, 3.63) is 41.1 Å². The highest BCUT2D eigenvalue weighted by atomic mass is 16.5. The fraction of sp³-hybridized carbons (Fsp3) is 0.500. The normalized spacial score (nSPS) is 17.1. The quantitative estimate of drug-likeness (QED) is 0.785. The first-order valence-electron chi connectivity index (χ1n) is 8.99. The van der Waals surface area contributed by atoms with E-state index in [1.807, 2.05) is 38.1 Å². The van der Waals surface area contributed by atoms with Gasteiger partial charge in [-0.05, 0) is 51.3 Å². The first-order chi connectivity index (χ1) is 12.1. The van der Waals surface area contributed by atoms with Crippen molar-refractivity contribution in [2.24, 2.45) is 0 Å². The molecule has 1 fully saturated rings. The second kappa shape index (κ2) is 8.41. The Hall–Kier alpha value is -1.98. The zero-order chi connectivity index (χ0) is 17.6. The van der Waals surface area contributed by atoms with Gasteiger partial charge in [0.2, 0.25) is 0 Å². The van der Waals surface area contributed by atoms with E-state index in [4.69, 9.17) is 9.47 Å². The molecule has 134 valence electrons. The summed E-state index contributed by atoms with van der Waals surface area (Å²) >= 11 is 0. The number of nitrogens with one attached hydrogen (secondary N) is 1. The van der Waals surface area contributed by atoms with E-state index in [9.17, 15) is 4.79 Å². The van der Waals surface area contributed by atoms with Crippen molar-refractivity contribution < 1.29 is 14.3 Å². The number of rotatable bonds is 7. The van der Waals surface area contributed by atoms with Crippen LogP contribution in [0.5, 0.6) is 0 Å². The maximum Gasteiger partial charge on any atom is 0.252 e. The van der Waals surface area contributed by atoms with Gasteiger partial charge in [0.05, 0.1) is 23.8 Å². The van der Waals surface area contributed by atoms with Gasteiger partial charge < -0.3 is 14.8 Å². The summed E-state index contributed by atoms with van der Waals surface area (Å²) in [6.45, 7) is 6.67. The highest BCUT2D eigenvalue weighted by molar-refractivity contribution is 6.06. The molecule has 1 N–H and O–H groups in total. The number of amides is 1. The van der Waals surface area contributed by atoms with Crippen LogP contribution in [0.25, 0.3) is 10.9 Å². The highest BCUT2D eigenvalue weighted by Gasteiger charge is 2.15. The van der Waals surface area contributed by atoms with Gasteiger partial charge in [0.25, 0.3) is 5.91 Å². The van der Waals surface area contributed by atoms with Crippen molar-refractivity contribution in [1.29, 1.82) is 0 Å². The molecule has 0 bridgehead atoms. The largest absolute Gasteiger partial charge is 0.379 e. The first kappa shape index (κ1) is 17.8. The minimum absolute atomic E-state index is 0.0553. The minimum Gasteiger partial charge on any atom is -0.379 e. The van der Waals surface area contributed by atoms with E-state index in [0.717, 1.165) is 48.0 Å². The molecule has 1 aliphatic heterocycles. The Balaban J connectivity index is 1.51. The Morgan fingerprint density at radius 1 is 1.36 bits per heavy atom. The second-order valence-corrected chi connectivity index (χ2v) is 6.65. The summed E-state index contributed by atoms with van der Waals surface area (Å²) in [5, 5.41) is 3.89. The zero-order valence-electron chi connectivity index (χ0n) is 15.0. The second-order valence-electron chi connectivity index (χ2n) is 6.65. The summed E-state index contributed by atoms with van der Waals surface area (Å²) in [4.78, 5) is 17.1. The monoisotopic (exact) mass is 342 g/mol. The fourth-order valence-electron chi connectivity index (χ4n) is 3.12. The maximum atomic E-state index is 12.6. The van der Waals surface area contributed by atoms with Gasteiger partial charge in [0, 0.05) is 30.8 Å². The number of hydrogen-bond acceptors (Lipinski definition) is 4. The summed E-state index contributed by atoms with van der Waals surface area (Å²) < 4.78 is 11.1. The van der Waals surface area contributed by atoms with Crippen LogP contribution < -0.4 is 5.32 Å². The predicted molar refractivity (Wildman–Crippen MR) is 98.0 cm³/mol. The Morgan fingerprint density at radius 3 is 3.04 bits per heavy atom. The lowest BCUT2D eigenvalue weighted by atomic mass is 10.0. The third-order valence-corrected chi connectivity index (χ3v) is 4.42. The van der Waals surface area contributed by atoms with Crippen LogP contribution >= 0.6 is 0 Å². The van der Waals surface area contributed by atoms with E-state index in [1.165, 1.54) is 0 Å². The number of carbonyl (C=O) groups excluding carboxylic acids is 1. The molecule has 1 aromatic carbocycles. The van der Waals surface area contributed by atoms with Gasteiger partial charge in [-0.15, -0.1) is 0 Å². The number of aryl methyl sites for hydroxylation is 2. The Labute approximate surface area is 148 Å². The molecule has 1 atom stereocenters. The lowest BCUT2D eigenvalue weighted by molar-refractivity contribution is 0.0166. The standard InChI is InChI=1S/C20H26N2O3/c1-14-6-7-19-17(11-14)18(12-15(2)22-19)20(23)21-8-4-9-24-13-16-5-3-10-25-16/h6-7,11-12,16H,3-5,8-10,13H2,1-2H3,(H,21,23). The number of hydrogen-bond donors (Lipinski definition) is 1. The molecule has 1 saturated heterocycles. The summed E-state index contributed by atoms with van der Waals surface area (Å²) in [6, 6.07) is 7.85. The summed E-state index contributed by atoms with van der Waals surface area (Å²) in [5.41, 5.74) is 3.51. The van der Waals surface area contributed by atoms with E-state index >= 15 is 0 Å². The van der Waals surface area contributed by atoms with Crippen molar-refractivity contribution in [1.82, 2.24) is 10.3 Å². The highest BCUT2D eigenvalue weighted by Crippen LogP contribution is 2.20. The number of ether oxygens (including phenoxy) is 2. The van der Waals surface area contributed by atoms with Crippen LogP contribution in [0.15, 0.2) is 24.3 Å². The molecular formula is C20H26N2O3. The third kappa shape index (κ3) is 4.77. The molecule has 1 unspecified atom stereocenters. The molecule has 1 aliphatic rings. The van der Waals surface area contributed by atoms with E-state index in [2.05, 4.69) is 10.3 Å². The first-order valence-corrected chi connectivity index (χ1v) is 8.99. The fourth-order valence-corrected chi connectivity index (χ4v) is 3.12. The van der Waals surface area contributed by atoms with Gasteiger partial charge in [0.15, 0.2) is 0 Å². The van der Waals surface area contributed by atoms with E-state index < -0.39 is 0 Å². The van der Waals surface area contributed by atoms with Gasteiger partial charge in [0.1, 0.15) is 0 Å². The SMILES string of the molecule is Cc1ccc2nc(C)cc(C(=O)NCCCOCC3CCCO3)c2c1. The van der Waals surface area contributed by atoms with Crippen LogP contribution in [0.3, 0.4) is 0 Å². The maximum absolute atomic E-state index is 12.6. The predicted octanol–water partition coefficient (Wildman–Crippen LogP) is 3.17. The average Bonchev–Trinajstić information content (AvgIpc) is 3.11. The average molecular weight is 342 g/mol. The molecule has 2 aromatic rings. The molecule has 0 saturated carbocycles. The minimum atomic E-state index is -0.0553. The van der Waals surface area contributed by atoms with Crippen LogP contribution in [0.2, 0.25) is 0 Å². The van der Waals surface area contributed by atoms with Crippen LogP contribution in [0.4, 0.5) is 0 Å². The Kier molecular flexibility index (Phi) is 6.00. The van der Waals surface area contributed by atoms with E-state index in [1.54, 1.807) is 0 Å². The third-order valence-electron chi connectivity index (χ3n) is 4.42. The Morgan fingerprint density at radius 2 is 2.24 bits per heavy atom. The molecule has 25 heavy (non-hydrogen) atoms. The number of pyridine rings is 1. The van der Waals surface area contributed by atoms with Crippen molar-refractivity contribution in [2.75, 3.05) is 26.4 Å². The van der Waals surface area contributed by atoms with Crippen molar-refractivity contribution >= 4 is 16.8 Å². The summed E-state index contributed by atoms with van der Waals surface area (Å²) in [5.74, 6) is -0.0553. The molecule has 3 rings (SSSR count). The smallest absolute Gasteiger partial charge is 0.252 e. The van der Waals surface area contributed by atoms with Crippen LogP contribution in [-0.4, -0.2) is 43.4 Å². The van der Waals surface area contributed by atoms with Gasteiger partial charge in [-0.3, -0.25) is 9.78 Å². The van der Waals surface area contributed by atoms with Gasteiger partial charge in [-0.1, -0.05) is 11.6 Å². The van der Waals surface area contributed by atoms with Crippen molar-refractivity contribution in [3.63, 3.8) is 0 Å². The van der Waals surface area contributed by atoms with Crippen molar-refractivity contribution in [3.8, 4) is 0 Å². The summed E-state index contributed by atoms with van der Waals surface area (Å²) in [7, 11) is 0. The van der Waals surface area contributed by atoms with Crippen LogP contribution in [-0.2, 0) is 9.47 Å². The molecule has 0 radical (unpaired) electrons. The molecule has 5 heteroatoms. The van der Waals surface area contributed by atoms with Crippen LogP contribution in [0, 0.1) is 13.8 Å². The van der Waals surface area contributed by atoms with Crippen molar-refractivity contribution in [2.45, 2.75) is 39.2 Å². The molecule has 2 heterocycles. The molecular weight excluding hydrogens is 316 g/mol. The molecule has 1 aromatic heterocycles. The lowest BCUT2D eigenvalue weighted by Gasteiger charge is -2.11. The molecule has 0 aliphatic carbocycles.